The van der Waals surface area contributed by atoms with Crippen LogP contribution in [-0.2, 0) is 14.8 Å². The first-order valence-electron chi connectivity index (χ1n) is 10.7. The minimum absolute atomic E-state index is 0.109. The zero-order valence-electron chi connectivity index (χ0n) is 17.9. The van der Waals surface area contributed by atoms with E-state index in [4.69, 9.17) is 0 Å². The van der Waals surface area contributed by atoms with Crippen molar-refractivity contribution in [2.24, 2.45) is 0 Å². The summed E-state index contributed by atoms with van der Waals surface area (Å²) in [4.78, 5) is 23.8. The van der Waals surface area contributed by atoms with Gasteiger partial charge in [0.15, 0.2) is 0 Å². The number of piperazine rings is 1. The van der Waals surface area contributed by atoms with E-state index in [1.54, 1.807) is 36.7 Å². The molecular formula is C22H26BrN5O3S. The Hall–Kier alpha value is -2.01. The van der Waals surface area contributed by atoms with Crippen molar-refractivity contribution in [2.45, 2.75) is 29.4 Å². The van der Waals surface area contributed by atoms with E-state index in [1.807, 2.05) is 24.1 Å². The predicted molar refractivity (Wildman–Crippen MR) is 125 cm³/mol. The molecule has 170 valence electrons. The molecular weight excluding hydrogens is 494 g/mol. The van der Waals surface area contributed by atoms with Crippen molar-refractivity contribution in [1.82, 2.24) is 19.1 Å². The molecule has 10 heteroatoms. The smallest absolute Gasteiger partial charge is 0.243 e. The molecule has 4 heterocycles. The number of hydrogen-bond donors (Lipinski definition) is 0. The van der Waals surface area contributed by atoms with Gasteiger partial charge in [0.2, 0.25) is 15.9 Å². The summed E-state index contributed by atoms with van der Waals surface area (Å²) in [5, 5.41) is 0. The lowest BCUT2D eigenvalue weighted by Gasteiger charge is -2.44. The molecule has 3 aliphatic rings. The molecule has 0 saturated carbocycles. The van der Waals surface area contributed by atoms with Crippen LogP contribution in [0.3, 0.4) is 0 Å². The lowest BCUT2D eigenvalue weighted by molar-refractivity contribution is -0.137. The van der Waals surface area contributed by atoms with Crippen LogP contribution in [-0.4, -0.2) is 84.9 Å². The molecule has 8 nitrogen and oxygen atoms in total. The van der Waals surface area contributed by atoms with Crippen LogP contribution in [0.5, 0.6) is 0 Å². The molecule has 0 N–H and O–H groups in total. The Morgan fingerprint density at radius 1 is 1.06 bits per heavy atom. The summed E-state index contributed by atoms with van der Waals surface area (Å²) in [5.74, 6) is -0.123. The predicted octanol–water partition coefficient (Wildman–Crippen LogP) is 1.99. The van der Waals surface area contributed by atoms with E-state index in [2.05, 4.69) is 30.7 Å². The molecule has 0 bridgehead atoms. The van der Waals surface area contributed by atoms with E-state index in [-0.39, 0.29) is 35.6 Å². The van der Waals surface area contributed by atoms with Crippen LogP contribution in [0.15, 0.2) is 58.2 Å². The van der Waals surface area contributed by atoms with Gasteiger partial charge in [-0.05, 0) is 56.3 Å². The molecule has 1 spiro atoms. The third-order valence-electron chi connectivity index (χ3n) is 7.19. The van der Waals surface area contributed by atoms with E-state index in [0.29, 0.717) is 6.54 Å². The highest BCUT2D eigenvalue weighted by Crippen LogP contribution is 2.40. The van der Waals surface area contributed by atoms with Crippen molar-refractivity contribution in [3.05, 3.63) is 53.3 Å². The normalized spacial score (nSPS) is 24.2. The second-order valence-corrected chi connectivity index (χ2v) is 11.6. The molecule has 1 aromatic heterocycles. The van der Waals surface area contributed by atoms with E-state index in [9.17, 15) is 13.2 Å². The second-order valence-electron chi connectivity index (χ2n) is 8.78. The fraction of sp³-hybridized carbons (Fsp3) is 0.455. The SMILES string of the molecule is CN1C2CN(S(=O)(=O)c3ccc(Br)cc3)CC(=O)N2CC12CCN(c1ccncc1)CC2. The van der Waals surface area contributed by atoms with Gasteiger partial charge in [0.1, 0.15) is 0 Å². The van der Waals surface area contributed by atoms with Crippen LogP contribution in [0.1, 0.15) is 12.8 Å². The van der Waals surface area contributed by atoms with Gasteiger partial charge in [-0.25, -0.2) is 8.42 Å². The zero-order valence-corrected chi connectivity index (χ0v) is 20.3. The van der Waals surface area contributed by atoms with Gasteiger partial charge in [0.05, 0.1) is 17.6 Å². The Bertz CT molecular complexity index is 1100. The molecule has 1 amide bonds. The van der Waals surface area contributed by atoms with Crippen LogP contribution in [0.25, 0.3) is 0 Å². The maximum Gasteiger partial charge on any atom is 0.243 e. The third kappa shape index (κ3) is 3.63. The summed E-state index contributed by atoms with van der Waals surface area (Å²) >= 11 is 3.34. The number of hydrogen-bond acceptors (Lipinski definition) is 6. The molecule has 1 atom stereocenters. The van der Waals surface area contributed by atoms with Gasteiger partial charge in [-0.15, -0.1) is 0 Å². The van der Waals surface area contributed by atoms with Crippen LogP contribution < -0.4 is 4.90 Å². The monoisotopic (exact) mass is 519 g/mol. The Labute approximate surface area is 197 Å². The fourth-order valence-corrected chi connectivity index (χ4v) is 6.86. The third-order valence-corrected chi connectivity index (χ3v) is 9.55. The number of amides is 1. The maximum atomic E-state index is 13.2. The highest BCUT2D eigenvalue weighted by Gasteiger charge is 2.54. The highest BCUT2D eigenvalue weighted by atomic mass is 79.9. The topological polar surface area (TPSA) is 77.1 Å². The summed E-state index contributed by atoms with van der Waals surface area (Å²) in [6.07, 6.45) is 5.22. The van der Waals surface area contributed by atoms with E-state index in [0.717, 1.165) is 36.1 Å². The number of likely N-dealkylation sites (N-methyl/N-ethyl adjacent to an activating group) is 1. The molecule has 3 fully saturated rings. The van der Waals surface area contributed by atoms with Gasteiger partial charge in [-0.3, -0.25) is 14.7 Å². The number of halogens is 1. The summed E-state index contributed by atoms with van der Waals surface area (Å²) in [6, 6.07) is 10.6. The summed E-state index contributed by atoms with van der Waals surface area (Å²) in [5.41, 5.74) is 1.04. The van der Waals surface area contributed by atoms with Crippen LogP contribution >= 0.6 is 15.9 Å². The molecule has 3 saturated heterocycles. The van der Waals surface area contributed by atoms with Gasteiger partial charge >= 0.3 is 0 Å². The lowest BCUT2D eigenvalue weighted by atomic mass is 9.86. The standard InChI is InChI=1S/C22H26BrN5O3S/c1-25-20-14-27(32(30,31)19-4-2-17(23)3-5-19)15-21(29)28(20)16-22(25)8-12-26(13-9-22)18-6-10-24-11-7-18/h2-7,10-11,20H,8-9,12-16H2,1H3. The highest BCUT2D eigenvalue weighted by molar-refractivity contribution is 9.10. The minimum Gasteiger partial charge on any atom is -0.371 e. The number of nitrogens with zero attached hydrogens (tertiary/aromatic N) is 5. The average Bonchev–Trinajstić information content (AvgIpc) is 3.07. The molecule has 2 aromatic rings. The first kappa shape index (κ1) is 21.8. The average molecular weight is 520 g/mol. The van der Waals surface area contributed by atoms with Crippen molar-refractivity contribution in [3.63, 3.8) is 0 Å². The number of rotatable bonds is 3. The first-order valence-corrected chi connectivity index (χ1v) is 13.0. The van der Waals surface area contributed by atoms with Gasteiger partial charge in [-0.2, -0.15) is 4.31 Å². The molecule has 32 heavy (non-hydrogen) atoms. The number of fused-ring (bicyclic) bond motifs is 1. The van der Waals surface area contributed by atoms with Crippen molar-refractivity contribution < 1.29 is 13.2 Å². The van der Waals surface area contributed by atoms with Gasteiger partial charge < -0.3 is 9.80 Å². The molecule has 0 aliphatic carbocycles. The maximum absolute atomic E-state index is 13.2. The number of piperidine rings is 1. The Morgan fingerprint density at radius 3 is 2.38 bits per heavy atom. The molecule has 5 rings (SSSR count). The number of carbonyl (C=O) groups excluding carboxylic acids is 1. The number of aromatic nitrogens is 1. The van der Waals surface area contributed by atoms with Crippen molar-refractivity contribution >= 4 is 37.5 Å². The summed E-state index contributed by atoms with van der Waals surface area (Å²) in [6.45, 7) is 2.62. The van der Waals surface area contributed by atoms with Crippen LogP contribution in [0, 0.1) is 0 Å². The number of pyridine rings is 1. The number of sulfonamides is 1. The van der Waals surface area contributed by atoms with Gasteiger partial charge in [-0.1, -0.05) is 15.9 Å². The van der Waals surface area contributed by atoms with Crippen LogP contribution in [0.4, 0.5) is 5.69 Å². The number of benzene rings is 1. The molecule has 1 aromatic carbocycles. The quantitative estimate of drug-likeness (QED) is 0.617. The molecule has 3 aliphatic heterocycles. The first-order chi connectivity index (χ1) is 15.3. The van der Waals surface area contributed by atoms with E-state index in [1.165, 1.54) is 4.31 Å². The lowest BCUT2D eigenvalue weighted by Crippen LogP contribution is -2.59. The van der Waals surface area contributed by atoms with Crippen LogP contribution in [0.2, 0.25) is 0 Å². The van der Waals surface area contributed by atoms with Gasteiger partial charge in [0.25, 0.3) is 0 Å². The second kappa shape index (κ2) is 8.09. The fourth-order valence-electron chi connectivity index (χ4n) is 5.21. The number of carbonyl (C=O) groups is 1. The van der Waals surface area contributed by atoms with Gasteiger partial charge in [0, 0.05) is 54.3 Å². The zero-order chi connectivity index (χ0) is 22.5. The largest absolute Gasteiger partial charge is 0.371 e. The Morgan fingerprint density at radius 2 is 1.72 bits per heavy atom. The summed E-state index contributed by atoms with van der Waals surface area (Å²) < 4.78 is 28.6. The van der Waals surface area contributed by atoms with E-state index >= 15 is 0 Å². The van der Waals surface area contributed by atoms with Crippen molar-refractivity contribution in [1.29, 1.82) is 0 Å². The molecule has 0 radical (unpaired) electrons. The van der Waals surface area contributed by atoms with Crippen molar-refractivity contribution in [3.8, 4) is 0 Å². The minimum atomic E-state index is -3.74. The Kier molecular flexibility index (Phi) is 5.51. The number of anilines is 1. The molecule has 1 unspecified atom stereocenters. The Balaban J connectivity index is 1.34. The van der Waals surface area contributed by atoms with Crippen molar-refractivity contribution in [2.75, 3.05) is 44.7 Å². The van der Waals surface area contributed by atoms with E-state index < -0.39 is 10.0 Å². The summed E-state index contributed by atoms with van der Waals surface area (Å²) in [7, 11) is -1.70.